The van der Waals surface area contributed by atoms with Gasteiger partial charge < -0.3 is 9.67 Å². The fourth-order valence-corrected chi connectivity index (χ4v) is 4.73. The number of aliphatic hydroxyl groups excluding tert-OH is 1. The molecule has 0 radical (unpaired) electrons. The predicted molar refractivity (Wildman–Crippen MR) is 146 cm³/mol. The number of carbonyl (C=O) groups is 1. The molecule has 36 heavy (non-hydrogen) atoms. The van der Waals surface area contributed by atoms with E-state index < -0.39 is 6.10 Å². The van der Waals surface area contributed by atoms with E-state index in [1.807, 2.05) is 99.0 Å². The van der Waals surface area contributed by atoms with E-state index in [2.05, 4.69) is 26.7 Å². The van der Waals surface area contributed by atoms with Gasteiger partial charge in [0.1, 0.15) is 0 Å². The van der Waals surface area contributed by atoms with Crippen LogP contribution in [0.5, 0.6) is 0 Å². The average Bonchev–Trinajstić information content (AvgIpc) is 3.37. The first kappa shape index (κ1) is 23.7. The Hall–Kier alpha value is -4.00. The number of anilines is 1. The van der Waals surface area contributed by atoms with Gasteiger partial charge in [-0.2, -0.15) is 10.1 Å². The Balaban J connectivity index is 1.36. The second-order valence-corrected chi connectivity index (χ2v) is 9.29. The number of likely N-dealkylation sites (N-methyl/N-ethyl adjacent to an activating group) is 1. The summed E-state index contributed by atoms with van der Waals surface area (Å²) in [5.41, 5.74) is 5.18. The summed E-state index contributed by atoms with van der Waals surface area (Å²) in [6.45, 7) is 3.65. The highest BCUT2D eigenvalue weighted by molar-refractivity contribution is 6.32. The maximum absolute atomic E-state index is 13.2. The Morgan fingerprint density at radius 1 is 0.972 bits per heavy atom. The third kappa shape index (κ3) is 5.00. The van der Waals surface area contributed by atoms with Crippen LogP contribution in [0.2, 0.25) is 0 Å². The molecule has 0 aliphatic carbocycles. The molecular weight excluding hydrogens is 448 g/mol. The fraction of sp³-hybridized carbons (Fsp3) is 0.200. The lowest BCUT2D eigenvalue weighted by atomic mass is 10.1. The molecule has 1 atom stereocenters. The Morgan fingerprint density at radius 2 is 1.64 bits per heavy atom. The van der Waals surface area contributed by atoms with Gasteiger partial charge in [-0.1, -0.05) is 66.7 Å². The number of amides is 1. The Morgan fingerprint density at radius 3 is 2.39 bits per heavy atom. The molecule has 6 heteroatoms. The summed E-state index contributed by atoms with van der Waals surface area (Å²) in [7, 11) is 2.02. The quantitative estimate of drug-likeness (QED) is 0.365. The Labute approximate surface area is 211 Å². The first-order valence-electron chi connectivity index (χ1n) is 12.1. The van der Waals surface area contributed by atoms with Gasteiger partial charge in [-0.3, -0.25) is 9.69 Å². The van der Waals surface area contributed by atoms with Crippen LogP contribution in [0.25, 0.3) is 17.0 Å². The molecule has 1 unspecified atom stereocenters. The summed E-state index contributed by atoms with van der Waals surface area (Å²) in [5, 5.41) is 17.9. The number of hydrazone groups is 1. The number of fused-ring (bicyclic) bond motifs is 1. The number of aromatic nitrogens is 1. The second-order valence-electron chi connectivity index (χ2n) is 9.29. The summed E-state index contributed by atoms with van der Waals surface area (Å²) in [6, 6.07) is 27.8. The molecule has 3 aromatic carbocycles. The van der Waals surface area contributed by atoms with Gasteiger partial charge in [0.05, 0.1) is 23.1 Å². The fourth-order valence-electron chi connectivity index (χ4n) is 4.73. The standard InChI is InChI=1S/C30H30N4O2/c1-22-28(30(36)34(31-22)25-13-7-4-8-14-25)17-24-19-33(29-16-10-9-15-27(24)29)21-26(35)20-32(2)18-23-11-5-3-6-12-23/h3-17,19,26,35H,18,20-21H2,1-2H3/b28-17+. The molecule has 1 aliphatic heterocycles. The van der Waals surface area contributed by atoms with E-state index in [1.165, 1.54) is 10.6 Å². The third-order valence-electron chi connectivity index (χ3n) is 6.41. The van der Waals surface area contributed by atoms with E-state index in [0.29, 0.717) is 24.4 Å². The first-order chi connectivity index (χ1) is 17.5. The molecule has 0 saturated heterocycles. The van der Waals surface area contributed by atoms with Crippen molar-refractivity contribution in [2.45, 2.75) is 26.1 Å². The van der Waals surface area contributed by atoms with Crippen LogP contribution in [-0.4, -0.2) is 45.9 Å². The molecule has 0 fully saturated rings. The van der Waals surface area contributed by atoms with Gasteiger partial charge in [0, 0.05) is 42.3 Å². The SMILES string of the molecule is CC1=NN(c2ccccc2)C(=O)/C1=C/c1cn(CC(O)CN(C)Cc2ccccc2)c2ccccc12. The van der Waals surface area contributed by atoms with Crippen LogP contribution in [0.1, 0.15) is 18.1 Å². The van der Waals surface area contributed by atoms with Crippen molar-refractivity contribution in [3.8, 4) is 0 Å². The molecule has 182 valence electrons. The second kappa shape index (κ2) is 10.3. The van der Waals surface area contributed by atoms with Crippen molar-refractivity contribution in [1.82, 2.24) is 9.47 Å². The van der Waals surface area contributed by atoms with E-state index in [9.17, 15) is 9.90 Å². The molecule has 1 aliphatic rings. The monoisotopic (exact) mass is 478 g/mol. The van der Waals surface area contributed by atoms with Crippen LogP contribution in [-0.2, 0) is 17.9 Å². The highest BCUT2D eigenvalue weighted by Gasteiger charge is 2.29. The zero-order chi connectivity index (χ0) is 25.1. The minimum Gasteiger partial charge on any atom is -0.390 e. The van der Waals surface area contributed by atoms with Crippen molar-refractivity contribution in [2.75, 3.05) is 18.6 Å². The smallest absolute Gasteiger partial charge is 0.280 e. The third-order valence-corrected chi connectivity index (χ3v) is 6.41. The highest BCUT2D eigenvalue weighted by Crippen LogP contribution is 2.28. The van der Waals surface area contributed by atoms with E-state index in [0.717, 1.165) is 28.7 Å². The highest BCUT2D eigenvalue weighted by atomic mass is 16.3. The van der Waals surface area contributed by atoms with Crippen molar-refractivity contribution in [3.05, 3.63) is 108 Å². The van der Waals surface area contributed by atoms with E-state index >= 15 is 0 Å². The van der Waals surface area contributed by atoms with Gasteiger partial charge in [-0.25, -0.2) is 0 Å². The molecule has 4 aromatic rings. The number of para-hydroxylation sites is 2. The van der Waals surface area contributed by atoms with Gasteiger partial charge in [0.25, 0.3) is 5.91 Å². The number of carbonyl (C=O) groups excluding carboxylic acids is 1. The topological polar surface area (TPSA) is 61.1 Å². The molecule has 1 aromatic heterocycles. The number of nitrogens with zero attached hydrogens (tertiary/aromatic N) is 4. The lowest BCUT2D eigenvalue weighted by Gasteiger charge is -2.21. The van der Waals surface area contributed by atoms with Crippen molar-refractivity contribution < 1.29 is 9.90 Å². The molecule has 1 N–H and O–H groups in total. The number of aliphatic hydroxyl groups is 1. The van der Waals surface area contributed by atoms with Gasteiger partial charge >= 0.3 is 0 Å². The van der Waals surface area contributed by atoms with Gasteiger partial charge in [0.15, 0.2) is 0 Å². The van der Waals surface area contributed by atoms with Crippen LogP contribution >= 0.6 is 0 Å². The molecule has 0 spiro atoms. The van der Waals surface area contributed by atoms with Gasteiger partial charge in [-0.15, -0.1) is 0 Å². The van der Waals surface area contributed by atoms with Crippen LogP contribution in [0.4, 0.5) is 5.69 Å². The summed E-state index contributed by atoms with van der Waals surface area (Å²) in [6.07, 6.45) is 3.39. The molecule has 0 bridgehead atoms. The van der Waals surface area contributed by atoms with Crippen LogP contribution in [0, 0.1) is 0 Å². The zero-order valence-electron chi connectivity index (χ0n) is 20.6. The minimum absolute atomic E-state index is 0.141. The summed E-state index contributed by atoms with van der Waals surface area (Å²) >= 11 is 0. The van der Waals surface area contributed by atoms with Crippen molar-refractivity contribution in [3.63, 3.8) is 0 Å². The van der Waals surface area contributed by atoms with E-state index in [1.54, 1.807) is 0 Å². The lowest BCUT2D eigenvalue weighted by molar-refractivity contribution is -0.114. The number of rotatable bonds is 8. The van der Waals surface area contributed by atoms with Crippen LogP contribution in [0.3, 0.4) is 0 Å². The molecule has 0 saturated carbocycles. The predicted octanol–water partition coefficient (Wildman–Crippen LogP) is 4.94. The maximum Gasteiger partial charge on any atom is 0.280 e. The van der Waals surface area contributed by atoms with Crippen molar-refractivity contribution in [1.29, 1.82) is 0 Å². The van der Waals surface area contributed by atoms with Gasteiger partial charge in [-0.05, 0) is 43.8 Å². The van der Waals surface area contributed by atoms with Gasteiger partial charge in [0.2, 0.25) is 0 Å². The first-order valence-corrected chi connectivity index (χ1v) is 12.1. The maximum atomic E-state index is 13.2. The molecule has 5 rings (SSSR count). The minimum atomic E-state index is -0.542. The lowest BCUT2D eigenvalue weighted by Crippen LogP contribution is -2.31. The Bertz CT molecular complexity index is 1420. The summed E-state index contributed by atoms with van der Waals surface area (Å²) in [5.74, 6) is -0.141. The summed E-state index contributed by atoms with van der Waals surface area (Å²) < 4.78 is 2.07. The van der Waals surface area contributed by atoms with Crippen LogP contribution < -0.4 is 5.01 Å². The Kier molecular flexibility index (Phi) is 6.80. The van der Waals surface area contributed by atoms with E-state index in [4.69, 9.17) is 0 Å². The number of hydrogen-bond acceptors (Lipinski definition) is 4. The summed E-state index contributed by atoms with van der Waals surface area (Å²) in [4.78, 5) is 15.3. The average molecular weight is 479 g/mol. The van der Waals surface area contributed by atoms with Crippen LogP contribution in [0.15, 0.2) is 102 Å². The van der Waals surface area contributed by atoms with E-state index in [-0.39, 0.29) is 5.91 Å². The van der Waals surface area contributed by atoms with Crippen molar-refractivity contribution >= 4 is 34.3 Å². The number of benzene rings is 3. The molecular formula is C30H30N4O2. The van der Waals surface area contributed by atoms with Crippen molar-refractivity contribution in [2.24, 2.45) is 5.10 Å². The molecule has 6 nitrogen and oxygen atoms in total. The largest absolute Gasteiger partial charge is 0.390 e. The normalized spacial score (nSPS) is 15.8. The molecule has 1 amide bonds. The zero-order valence-corrected chi connectivity index (χ0v) is 20.6. The molecule has 2 heterocycles. The number of hydrogen-bond donors (Lipinski definition) is 1.